The molecule has 1 aromatic carbocycles. The van der Waals surface area contributed by atoms with E-state index in [0.717, 1.165) is 30.1 Å². The van der Waals surface area contributed by atoms with E-state index in [1.807, 2.05) is 18.7 Å². The molecule has 0 saturated carbocycles. The van der Waals surface area contributed by atoms with Crippen LogP contribution < -0.4 is 10.5 Å². The molecule has 0 amide bonds. The van der Waals surface area contributed by atoms with Gasteiger partial charge < -0.3 is 10.5 Å². The third kappa shape index (κ3) is 4.06. The van der Waals surface area contributed by atoms with Gasteiger partial charge in [0.15, 0.2) is 0 Å². The molecular formula is C13H21NOS. The van der Waals surface area contributed by atoms with E-state index in [9.17, 15) is 0 Å². The van der Waals surface area contributed by atoms with Crippen molar-refractivity contribution in [2.75, 3.05) is 18.6 Å². The number of hydrogen-bond donors (Lipinski definition) is 1. The number of ether oxygens (including phenoxy) is 1. The van der Waals surface area contributed by atoms with Gasteiger partial charge in [0.2, 0.25) is 0 Å². The summed E-state index contributed by atoms with van der Waals surface area (Å²) in [5.74, 6) is 2.08. The second-order valence-corrected chi connectivity index (χ2v) is 5.01. The normalized spacial score (nSPS) is 12.5. The summed E-state index contributed by atoms with van der Waals surface area (Å²) in [6.45, 7) is 4.82. The second kappa shape index (κ2) is 6.81. The Labute approximate surface area is 103 Å². The van der Waals surface area contributed by atoms with Crippen LogP contribution in [0.3, 0.4) is 0 Å². The number of thioether (sulfide) groups is 1. The van der Waals surface area contributed by atoms with E-state index in [4.69, 9.17) is 10.5 Å². The molecule has 1 atom stereocenters. The highest BCUT2D eigenvalue weighted by Crippen LogP contribution is 2.25. The first-order valence-corrected chi connectivity index (χ1v) is 7.02. The Morgan fingerprint density at radius 1 is 1.44 bits per heavy atom. The second-order valence-electron chi connectivity index (χ2n) is 4.02. The van der Waals surface area contributed by atoms with Crippen LogP contribution in [0.1, 0.15) is 30.5 Å². The number of nitrogens with two attached hydrogens (primary N) is 1. The summed E-state index contributed by atoms with van der Waals surface area (Å²) < 4.78 is 5.79. The van der Waals surface area contributed by atoms with Crippen LogP contribution in [0, 0.1) is 6.92 Å². The molecule has 1 aromatic rings. The van der Waals surface area contributed by atoms with Crippen LogP contribution in [0.15, 0.2) is 18.2 Å². The first-order chi connectivity index (χ1) is 7.65. The summed E-state index contributed by atoms with van der Waals surface area (Å²) >= 11 is 1.85. The summed E-state index contributed by atoms with van der Waals surface area (Å²) in [6.07, 6.45) is 3.19. The zero-order valence-corrected chi connectivity index (χ0v) is 11.1. The van der Waals surface area contributed by atoms with Crippen molar-refractivity contribution < 1.29 is 4.74 Å². The fourth-order valence-electron chi connectivity index (χ4n) is 1.53. The maximum atomic E-state index is 5.91. The summed E-state index contributed by atoms with van der Waals surface area (Å²) in [4.78, 5) is 0. The van der Waals surface area contributed by atoms with E-state index in [1.54, 1.807) is 0 Å². The van der Waals surface area contributed by atoms with Crippen LogP contribution in [0.2, 0.25) is 0 Å². The average molecular weight is 239 g/mol. The van der Waals surface area contributed by atoms with E-state index in [1.165, 1.54) is 5.56 Å². The summed E-state index contributed by atoms with van der Waals surface area (Å²) in [6, 6.07) is 6.23. The quantitative estimate of drug-likeness (QED) is 0.775. The van der Waals surface area contributed by atoms with Gasteiger partial charge in [-0.3, -0.25) is 0 Å². The minimum atomic E-state index is 0.0242. The number of rotatable bonds is 6. The van der Waals surface area contributed by atoms with Crippen molar-refractivity contribution >= 4 is 11.8 Å². The predicted octanol–water partition coefficient (Wildman–Crippen LogP) is 3.15. The zero-order chi connectivity index (χ0) is 12.0. The molecule has 0 aromatic heterocycles. The highest BCUT2D eigenvalue weighted by atomic mass is 32.2. The van der Waals surface area contributed by atoms with Gasteiger partial charge in [0.1, 0.15) is 5.75 Å². The molecule has 1 unspecified atom stereocenters. The molecule has 2 N–H and O–H groups in total. The molecular weight excluding hydrogens is 218 g/mol. The van der Waals surface area contributed by atoms with E-state index >= 15 is 0 Å². The Hall–Kier alpha value is -0.670. The minimum Gasteiger partial charge on any atom is -0.493 e. The van der Waals surface area contributed by atoms with Gasteiger partial charge in [0.25, 0.3) is 0 Å². The topological polar surface area (TPSA) is 35.2 Å². The van der Waals surface area contributed by atoms with E-state index < -0.39 is 0 Å². The van der Waals surface area contributed by atoms with Crippen LogP contribution in [-0.2, 0) is 0 Å². The first-order valence-electron chi connectivity index (χ1n) is 5.63. The predicted molar refractivity (Wildman–Crippen MR) is 72.3 cm³/mol. The van der Waals surface area contributed by atoms with Gasteiger partial charge in [-0.05, 0) is 43.9 Å². The molecule has 2 nitrogen and oxygen atoms in total. The molecule has 90 valence electrons. The first kappa shape index (κ1) is 13.4. The van der Waals surface area contributed by atoms with Crippen LogP contribution >= 0.6 is 11.8 Å². The molecule has 0 aliphatic carbocycles. The summed E-state index contributed by atoms with van der Waals surface area (Å²) in [7, 11) is 0. The maximum Gasteiger partial charge on any atom is 0.124 e. The number of aryl methyl sites for hydroxylation is 1. The van der Waals surface area contributed by atoms with Crippen LogP contribution in [-0.4, -0.2) is 18.6 Å². The monoisotopic (exact) mass is 239 g/mol. The summed E-state index contributed by atoms with van der Waals surface area (Å²) in [5.41, 5.74) is 8.22. The molecule has 3 heteroatoms. The lowest BCUT2D eigenvalue weighted by Gasteiger charge is -2.14. The molecule has 0 heterocycles. The molecule has 0 aliphatic heterocycles. The highest BCUT2D eigenvalue weighted by Gasteiger charge is 2.07. The lowest BCUT2D eigenvalue weighted by atomic mass is 10.1. The molecule has 1 rings (SSSR count). The fraction of sp³-hybridized carbons (Fsp3) is 0.538. The third-order valence-electron chi connectivity index (χ3n) is 2.41. The van der Waals surface area contributed by atoms with Gasteiger partial charge in [0, 0.05) is 11.6 Å². The van der Waals surface area contributed by atoms with Gasteiger partial charge in [-0.15, -0.1) is 0 Å². The van der Waals surface area contributed by atoms with Crippen molar-refractivity contribution in [3.05, 3.63) is 29.3 Å². The van der Waals surface area contributed by atoms with Crippen molar-refractivity contribution in [1.29, 1.82) is 0 Å². The van der Waals surface area contributed by atoms with Crippen molar-refractivity contribution in [2.24, 2.45) is 5.73 Å². The van der Waals surface area contributed by atoms with Crippen molar-refractivity contribution in [3.8, 4) is 5.75 Å². The molecule has 0 saturated heterocycles. The number of benzene rings is 1. The SMILES string of the molecule is CSCCCOc1cc(C)ccc1C(C)N. The molecule has 0 radical (unpaired) electrons. The molecule has 0 bridgehead atoms. The number of hydrogen-bond acceptors (Lipinski definition) is 3. The van der Waals surface area contributed by atoms with Gasteiger partial charge in [-0.1, -0.05) is 12.1 Å². The van der Waals surface area contributed by atoms with Crippen molar-refractivity contribution in [1.82, 2.24) is 0 Å². The van der Waals surface area contributed by atoms with Gasteiger partial charge in [0.05, 0.1) is 6.61 Å². The highest BCUT2D eigenvalue weighted by molar-refractivity contribution is 7.98. The van der Waals surface area contributed by atoms with Crippen molar-refractivity contribution in [3.63, 3.8) is 0 Å². The Balaban J connectivity index is 2.65. The maximum absolute atomic E-state index is 5.91. The third-order valence-corrected chi connectivity index (χ3v) is 3.11. The van der Waals surface area contributed by atoms with Gasteiger partial charge in [-0.2, -0.15) is 11.8 Å². The molecule has 0 aliphatic rings. The lowest BCUT2D eigenvalue weighted by molar-refractivity contribution is 0.314. The van der Waals surface area contributed by atoms with E-state index in [2.05, 4.69) is 31.4 Å². The Kier molecular flexibility index (Phi) is 5.71. The minimum absolute atomic E-state index is 0.0242. The van der Waals surface area contributed by atoms with Crippen molar-refractivity contribution in [2.45, 2.75) is 26.3 Å². The van der Waals surface area contributed by atoms with Crippen LogP contribution in [0.5, 0.6) is 5.75 Å². The zero-order valence-electron chi connectivity index (χ0n) is 10.3. The molecule has 16 heavy (non-hydrogen) atoms. The van der Waals surface area contributed by atoms with Crippen LogP contribution in [0.4, 0.5) is 0 Å². The average Bonchev–Trinajstić information content (AvgIpc) is 2.24. The Morgan fingerprint density at radius 3 is 2.81 bits per heavy atom. The lowest BCUT2D eigenvalue weighted by Crippen LogP contribution is -2.09. The standard InChI is InChI=1S/C13H21NOS/c1-10-5-6-12(11(2)14)13(9-10)15-7-4-8-16-3/h5-6,9,11H,4,7-8,14H2,1-3H3. The smallest absolute Gasteiger partial charge is 0.124 e. The van der Waals surface area contributed by atoms with Crippen LogP contribution in [0.25, 0.3) is 0 Å². The fourth-order valence-corrected chi connectivity index (χ4v) is 1.93. The summed E-state index contributed by atoms with van der Waals surface area (Å²) in [5, 5.41) is 0. The van der Waals surface area contributed by atoms with E-state index in [0.29, 0.717) is 0 Å². The molecule has 0 spiro atoms. The van der Waals surface area contributed by atoms with Gasteiger partial charge in [-0.25, -0.2) is 0 Å². The van der Waals surface area contributed by atoms with E-state index in [-0.39, 0.29) is 6.04 Å². The largest absolute Gasteiger partial charge is 0.493 e. The van der Waals surface area contributed by atoms with Gasteiger partial charge >= 0.3 is 0 Å². The Morgan fingerprint density at radius 2 is 2.19 bits per heavy atom. The molecule has 0 fully saturated rings. The Bertz CT molecular complexity index is 326.